The summed E-state index contributed by atoms with van der Waals surface area (Å²) in [6, 6.07) is 8.04. The SMILES string of the molecule is CC(=O)N1CCCN(Cc2ccccc2C#CCO)CC1. The summed E-state index contributed by atoms with van der Waals surface area (Å²) in [6.45, 7) is 5.87. The molecule has 0 aliphatic carbocycles. The summed E-state index contributed by atoms with van der Waals surface area (Å²) in [5, 5.41) is 8.84. The normalized spacial score (nSPS) is 16.0. The fraction of sp³-hybridized carbons (Fsp3) is 0.471. The first kappa shape index (κ1) is 15.6. The molecule has 0 spiro atoms. The average Bonchev–Trinajstić information content (AvgIpc) is 2.72. The highest BCUT2D eigenvalue weighted by atomic mass is 16.2. The molecule has 2 rings (SSSR count). The van der Waals surface area contributed by atoms with Crippen molar-refractivity contribution in [2.45, 2.75) is 19.9 Å². The van der Waals surface area contributed by atoms with Gasteiger partial charge in [0.25, 0.3) is 0 Å². The van der Waals surface area contributed by atoms with Gasteiger partial charge in [-0.1, -0.05) is 30.0 Å². The molecule has 1 amide bonds. The van der Waals surface area contributed by atoms with Crippen molar-refractivity contribution in [3.05, 3.63) is 35.4 Å². The monoisotopic (exact) mass is 286 g/mol. The highest BCUT2D eigenvalue weighted by molar-refractivity contribution is 5.73. The van der Waals surface area contributed by atoms with Gasteiger partial charge in [0.05, 0.1) is 0 Å². The van der Waals surface area contributed by atoms with Crippen LogP contribution in [0, 0.1) is 11.8 Å². The lowest BCUT2D eigenvalue weighted by atomic mass is 10.1. The molecule has 1 saturated heterocycles. The predicted molar refractivity (Wildman–Crippen MR) is 82.6 cm³/mol. The molecule has 4 nitrogen and oxygen atoms in total. The fourth-order valence-corrected chi connectivity index (χ4v) is 2.60. The largest absolute Gasteiger partial charge is 0.384 e. The summed E-state index contributed by atoms with van der Waals surface area (Å²) < 4.78 is 0. The standard InChI is InChI=1S/C17H22N2O2/c1-15(21)19-10-5-9-18(11-12-19)14-17-7-3-2-6-16(17)8-4-13-20/h2-3,6-7,20H,5,9-14H2,1H3. The van der Waals surface area contributed by atoms with Crippen LogP contribution >= 0.6 is 0 Å². The van der Waals surface area contributed by atoms with Crippen LogP contribution in [0.1, 0.15) is 24.5 Å². The molecule has 1 aliphatic rings. The van der Waals surface area contributed by atoms with E-state index in [9.17, 15) is 4.79 Å². The Kier molecular flexibility index (Phi) is 5.79. The van der Waals surface area contributed by atoms with E-state index >= 15 is 0 Å². The van der Waals surface area contributed by atoms with E-state index in [0.717, 1.165) is 44.7 Å². The quantitative estimate of drug-likeness (QED) is 0.828. The van der Waals surface area contributed by atoms with Gasteiger partial charge in [-0.15, -0.1) is 0 Å². The van der Waals surface area contributed by atoms with Crippen LogP contribution in [0.2, 0.25) is 0 Å². The molecular weight excluding hydrogens is 264 g/mol. The van der Waals surface area contributed by atoms with Gasteiger partial charge in [0.15, 0.2) is 0 Å². The molecular formula is C17H22N2O2. The van der Waals surface area contributed by atoms with Crippen molar-refractivity contribution in [1.29, 1.82) is 0 Å². The van der Waals surface area contributed by atoms with E-state index in [1.165, 1.54) is 5.56 Å². The molecule has 112 valence electrons. The summed E-state index contributed by atoms with van der Waals surface area (Å²) in [6.07, 6.45) is 1.00. The third-order valence-electron chi connectivity index (χ3n) is 3.75. The third-order valence-corrected chi connectivity index (χ3v) is 3.75. The molecule has 1 aromatic rings. The van der Waals surface area contributed by atoms with Gasteiger partial charge in [0.2, 0.25) is 5.91 Å². The van der Waals surface area contributed by atoms with Crippen LogP contribution < -0.4 is 0 Å². The maximum absolute atomic E-state index is 11.5. The lowest BCUT2D eigenvalue weighted by molar-refractivity contribution is -0.128. The number of carbonyl (C=O) groups excluding carboxylic acids is 1. The zero-order valence-electron chi connectivity index (χ0n) is 12.5. The second kappa shape index (κ2) is 7.82. The summed E-state index contributed by atoms with van der Waals surface area (Å²) in [7, 11) is 0. The molecule has 1 aromatic carbocycles. The topological polar surface area (TPSA) is 43.8 Å². The second-order valence-corrected chi connectivity index (χ2v) is 5.25. The lowest BCUT2D eigenvalue weighted by Crippen LogP contribution is -2.33. The van der Waals surface area contributed by atoms with E-state index in [0.29, 0.717) is 0 Å². The van der Waals surface area contributed by atoms with Crippen LogP contribution in [-0.4, -0.2) is 53.6 Å². The predicted octanol–water partition coefficient (Wildman–Crippen LogP) is 1.08. The van der Waals surface area contributed by atoms with Crippen LogP contribution in [0.25, 0.3) is 0 Å². The van der Waals surface area contributed by atoms with Crippen molar-refractivity contribution in [3.8, 4) is 11.8 Å². The molecule has 1 aliphatic heterocycles. The first-order valence-corrected chi connectivity index (χ1v) is 7.36. The van der Waals surface area contributed by atoms with Crippen LogP contribution in [0.4, 0.5) is 0 Å². The van der Waals surface area contributed by atoms with Crippen molar-refractivity contribution in [2.24, 2.45) is 0 Å². The minimum Gasteiger partial charge on any atom is -0.384 e. The number of aliphatic hydroxyl groups excluding tert-OH is 1. The van der Waals surface area contributed by atoms with Gasteiger partial charge >= 0.3 is 0 Å². The van der Waals surface area contributed by atoms with Gasteiger partial charge in [-0.2, -0.15) is 0 Å². The van der Waals surface area contributed by atoms with Gasteiger partial charge in [-0.25, -0.2) is 0 Å². The Balaban J connectivity index is 2.03. The van der Waals surface area contributed by atoms with Gasteiger partial charge in [-0.05, 0) is 18.1 Å². The Morgan fingerprint density at radius 1 is 1.24 bits per heavy atom. The number of benzene rings is 1. The molecule has 1 heterocycles. The van der Waals surface area contributed by atoms with Gasteiger partial charge in [-0.3, -0.25) is 9.69 Å². The summed E-state index contributed by atoms with van der Waals surface area (Å²) >= 11 is 0. The first-order chi connectivity index (χ1) is 10.2. The Morgan fingerprint density at radius 3 is 2.81 bits per heavy atom. The average molecular weight is 286 g/mol. The van der Waals surface area contributed by atoms with Crippen molar-refractivity contribution in [1.82, 2.24) is 9.80 Å². The molecule has 0 saturated carbocycles. The van der Waals surface area contributed by atoms with Gasteiger partial charge in [0, 0.05) is 45.2 Å². The zero-order chi connectivity index (χ0) is 15.1. The van der Waals surface area contributed by atoms with Crippen LogP contribution in [0.5, 0.6) is 0 Å². The third kappa shape index (κ3) is 4.59. The van der Waals surface area contributed by atoms with Crippen molar-refractivity contribution in [3.63, 3.8) is 0 Å². The number of hydrogen-bond donors (Lipinski definition) is 1. The number of hydrogen-bond acceptors (Lipinski definition) is 3. The molecule has 0 bridgehead atoms. The summed E-state index contributed by atoms with van der Waals surface area (Å²) in [4.78, 5) is 15.7. The minimum absolute atomic E-state index is 0.119. The van der Waals surface area contributed by atoms with Gasteiger partial charge in [0.1, 0.15) is 6.61 Å². The molecule has 0 aromatic heterocycles. The summed E-state index contributed by atoms with van der Waals surface area (Å²) in [5.74, 6) is 5.87. The highest BCUT2D eigenvalue weighted by Crippen LogP contribution is 2.13. The molecule has 0 atom stereocenters. The molecule has 1 N–H and O–H groups in total. The maximum Gasteiger partial charge on any atom is 0.219 e. The molecule has 0 radical (unpaired) electrons. The van der Waals surface area contributed by atoms with E-state index in [-0.39, 0.29) is 12.5 Å². The highest BCUT2D eigenvalue weighted by Gasteiger charge is 2.17. The van der Waals surface area contributed by atoms with Crippen molar-refractivity contribution in [2.75, 3.05) is 32.8 Å². The number of rotatable bonds is 2. The van der Waals surface area contributed by atoms with Crippen molar-refractivity contribution < 1.29 is 9.90 Å². The van der Waals surface area contributed by atoms with E-state index in [2.05, 4.69) is 22.8 Å². The Hall–Kier alpha value is -1.83. The molecule has 0 unspecified atom stereocenters. The number of carbonyl (C=O) groups is 1. The van der Waals surface area contributed by atoms with Crippen molar-refractivity contribution >= 4 is 5.91 Å². The summed E-state index contributed by atoms with van der Waals surface area (Å²) in [5.41, 5.74) is 2.15. The minimum atomic E-state index is -0.119. The number of aliphatic hydroxyl groups is 1. The molecule has 4 heteroatoms. The molecule has 21 heavy (non-hydrogen) atoms. The fourth-order valence-electron chi connectivity index (χ4n) is 2.60. The van der Waals surface area contributed by atoms with Crippen LogP contribution in [0.15, 0.2) is 24.3 Å². The lowest BCUT2D eigenvalue weighted by Gasteiger charge is -2.21. The van der Waals surface area contributed by atoms with E-state index in [1.54, 1.807) is 6.92 Å². The first-order valence-electron chi connectivity index (χ1n) is 7.36. The smallest absolute Gasteiger partial charge is 0.219 e. The maximum atomic E-state index is 11.5. The van der Waals surface area contributed by atoms with Gasteiger partial charge < -0.3 is 10.0 Å². The molecule has 1 fully saturated rings. The number of nitrogens with zero attached hydrogens (tertiary/aromatic N) is 2. The van der Waals surface area contributed by atoms with E-state index in [4.69, 9.17) is 5.11 Å². The zero-order valence-corrected chi connectivity index (χ0v) is 12.5. The second-order valence-electron chi connectivity index (χ2n) is 5.25. The Bertz CT molecular complexity index is 545. The number of amides is 1. The Labute approximate surface area is 126 Å². The van der Waals surface area contributed by atoms with Crippen LogP contribution in [-0.2, 0) is 11.3 Å². The van der Waals surface area contributed by atoms with E-state index < -0.39 is 0 Å². The van der Waals surface area contributed by atoms with E-state index in [1.807, 2.05) is 23.1 Å². The Morgan fingerprint density at radius 2 is 2.05 bits per heavy atom. The van der Waals surface area contributed by atoms with Crippen LogP contribution in [0.3, 0.4) is 0 Å².